The van der Waals surface area contributed by atoms with Gasteiger partial charge >= 0.3 is 0 Å². The van der Waals surface area contributed by atoms with Crippen LogP contribution in [0.25, 0.3) is 0 Å². The van der Waals surface area contributed by atoms with E-state index in [0.29, 0.717) is 19.5 Å². The van der Waals surface area contributed by atoms with Gasteiger partial charge in [0, 0.05) is 44.2 Å². The highest BCUT2D eigenvalue weighted by atomic mass is 16.2. The summed E-state index contributed by atoms with van der Waals surface area (Å²) < 4.78 is 0. The molecule has 2 aliphatic heterocycles. The number of amides is 2. The molecule has 1 atom stereocenters. The summed E-state index contributed by atoms with van der Waals surface area (Å²) in [6, 6.07) is 6.05. The molecule has 0 N–H and O–H groups in total. The Kier molecular flexibility index (Phi) is 6.15. The number of likely N-dealkylation sites (tertiary alicyclic amines) is 2. The first-order chi connectivity index (χ1) is 12.9. The van der Waals surface area contributed by atoms with Crippen LogP contribution in [0.5, 0.6) is 0 Å². The minimum atomic E-state index is 0.109. The number of carbonyl (C=O) groups excluding carboxylic acids is 2. The molecule has 2 amide bonds. The molecule has 1 aromatic heterocycles. The van der Waals surface area contributed by atoms with Crippen LogP contribution in [0.15, 0.2) is 24.4 Å². The second kappa shape index (κ2) is 8.38. The van der Waals surface area contributed by atoms with Crippen LogP contribution in [0.4, 0.5) is 0 Å². The van der Waals surface area contributed by atoms with E-state index in [9.17, 15) is 9.59 Å². The molecule has 0 bridgehead atoms. The van der Waals surface area contributed by atoms with Gasteiger partial charge in [-0.2, -0.15) is 0 Å². The molecule has 3 heterocycles. The van der Waals surface area contributed by atoms with Crippen molar-refractivity contribution in [1.29, 1.82) is 0 Å². The van der Waals surface area contributed by atoms with Gasteiger partial charge in [-0.1, -0.05) is 6.07 Å². The first-order valence-corrected chi connectivity index (χ1v) is 10.0. The van der Waals surface area contributed by atoms with Gasteiger partial charge in [0.05, 0.1) is 18.8 Å². The summed E-state index contributed by atoms with van der Waals surface area (Å²) in [7, 11) is 1.88. The van der Waals surface area contributed by atoms with Crippen molar-refractivity contribution >= 4 is 11.8 Å². The van der Waals surface area contributed by atoms with E-state index in [1.165, 1.54) is 0 Å². The number of hydrogen-bond acceptors (Lipinski definition) is 4. The molecule has 0 aromatic carbocycles. The maximum Gasteiger partial charge on any atom is 0.236 e. The Morgan fingerprint density at radius 2 is 2.11 bits per heavy atom. The van der Waals surface area contributed by atoms with Gasteiger partial charge < -0.3 is 9.80 Å². The SMILES string of the molecule is CC(C)N(C)C(=O)CN1CCC[C@@]2(CCC(=O)N(Cc3ccccn3)C2)C1. The highest BCUT2D eigenvalue weighted by molar-refractivity contribution is 5.78. The maximum atomic E-state index is 12.5. The third-order valence-electron chi connectivity index (χ3n) is 6.09. The Labute approximate surface area is 162 Å². The fourth-order valence-corrected chi connectivity index (χ4v) is 4.30. The predicted molar refractivity (Wildman–Crippen MR) is 105 cm³/mol. The molecule has 6 nitrogen and oxygen atoms in total. The van der Waals surface area contributed by atoms with Crippen molar-refractivity contribution in [3.63, 3.8) is 0 Å². The van der Waals surface area contributed by atoms with Crippen molar-refractivity contribution in [2.75, 3.05) is 33.2 Å². The van der Waals surface area contributed by atoms with Gasteiger partial charge in [-0.05, 0) is 51.8 Å². The lowest BCUT2D eigenvalue weighted by Crippen LogP contribution is -2.55. The lowest BCUT2D eigenvalue weighted by Gasteiger charge is -2.48. The monoisotopic (exact) mass is 372 g/mol. The molecule has 6 heteroatoms. The Hall–Kier alpha value is -1.95. The summed E-state index contributed by atoms with van der Waals surface area (Å²) in [5.41, 5.74) is 1.04. The van der Waals surface area contributed by atoms with Gasteiger partial charge in [0.2, 0.25) is 11.8 Å². The standard InChI is InChI=1S/C21H32N4O2/c1-17(2)23(3)20(27)14-24-12-6-9-21(15-24)10-8-19(26)25(16-21)13-18-7-4-5-11-22-18/h4-5,7,11,17H,6,8-10,12-16H2,1-3H3/t21-/m1/s1. The summed E-state index contributed by atoms with van der Waals surface area (Å²) in [5, 5.41) is 0. The molecule has 1 aromatic rings. The quantitative estimate of drug-likeness (QED) is 0.795. The van der Waals surface area contributed by atoms with Gasteiger partial charge in [-0.25, -0.2) is 0 Å². The first kappa shape index (κ1) is 19.8. The maximum absolute atomic E-state index is 12.5. The normalized spacial score (nSPS) is 23.9. The molecule has 148 valence electrons. The summed E-state index contributed by atoms with van der Waals surface area (Å²) in [6.45, 7) is 7.77. The van der Waals surface area contributed by atoms with E-state index >= 15 is 0 Å². The minimum Gasteiger partial charge on any atom is -0.342 e. The molecular formula is C21H32N4O2. The minimum absolute atomic E-state index is 0.109. The molecule has 27 heavy (non-hydrogen) atoms. The second-order valence-electron chi connectivity index (χ2n) is 8.48. The van der Waals surface area contributed by atoms with E-state index in [2.05, 4.69) is 9.88 Å². The molecular weight excluding hydrogens is 340 g/mol. The van der Waals surface area contributed by atoms with E-state index in [1.54, 1.807) is 6.20 Å². The van der Waals surface area contributed by atoms with Gasteiger partial charge in [-0.3, -0.25) is 19.5 Å². The first-order valence-electron chi connectivity index (χ1n) is 10.0. The summed E-state index contributed by atoms with van der Waals surface area (Å²) in [5.74, 6) is 0.401. The number of pyridine rings is 1. The molecule has 0 unspecified atom stereocenters. The van der Waals surface area contributed by atoms with Crippen LogP contribution in [-0.4, -0.2) is 70.8 Å². The zero-order valence-corrected chi connectivity index (χ0v) is 16.9. The third-order valence-corrected chi connectivity index (χ3v) is 6.09. The summed E-state index contributed by atoms with van der Waals surface area (Å²) >= 11 is 0. The van der Waals surface area contributed by atoms with E-state index in [-0.39, 0.29) is 23.3 Å². The molecule has 0 aliphatic carbocycles. The Morgan fingerprint density at radius 3 is 2.81 bits per heavy atom. The van der Waals surface area contributed by atoms with E-state index < -0.39 is 0 Å². The highest BCUT2D eigenvalue weighted by Crippen LogP contribution is 2.39. The molecule has 2 saturated heterocycles. The Balaban J connectivity index is 1.64. The third kappa shape index (κ3) is 4.86. The predicted octanol–water partition coefficient (Wildman–Crippen LogP) is 2.15. The van der Waals surface area contributed by atoms with E-state index in [1.807, 2.05) is 48.9 Å². The number of aromatic nitrogens is 1. The van der Waals surface area contributed by atoms with E-state index in [4.69, 9.17) is 0 Å². The second-order valence-corrected chi connectivity index (χ2v) is 8.48. The van der Waals surface area contributed by atoms with Gasteiger partial charge in [-0.15, -0.1) is 0 Å². The molecule has 2 fully saturated rings. The Bertz CT molecular complexity index is 663. The van der Waals surface area contributed by atoms with Gasteiger partial charge in [0.15, 0.2) is 0 Å². The molecule has 0 saturated carbocycles. The van der Waals surface area contributed by atoms with E-state index in [0.717, 1.165) is 44.6 Å². The molecule has 2 aliphatic rings. The number of carbonyl (C=O) groups is 2. The largest absolute Gasteiger partial charge is 0.342 e. The number of hydrogen-bond donors (Lipinski definition) is 0. The average molecular weight is 373 g/mol. The fourth-order valence-electron chi connectivity index (χ4n) is 4.30. The molecule has 0 radical (unpaired) electrons. The Morgan fingerprint density at radius 1 is 1.30 bits per heavy atom. The number of nitrogens with zero attached hydrogens (tertiary/aromatic N) is 4. The summed E-state index contributed by atoms with van der Waals surface area (Å²) in [4.78, 5) is 35.4. The van der Waals surface area contributed by atoms with Crippen molar-refractivity contribution in [3.05, 3.63) is 30.1 Å². The van der Waals surface area contributed by atoms with Crippen LogP contribution in [0.2, 0.25) is 0 Å². The van der Waals surface area contributed by atoms with Gasteiger partial charge in [0.1, 0.15) is 0 Å². The molecule has 3 rings (SSSR count). The van der Waals surface area contributed by atoms with Crippen LogP contribution in [-0.2, 0) is 16.1 Å². The van der Waals surface area contributed by atoms with Crippen molar-refractivity contribution in [3.8, 4) is 0 Å². The number of rotatable bonds is 5. The van der Waals surface area contributed by atoms with Crippen molar-refractivity contribution in [2.24, 2.45) is 5.41 Å². The zero-order valence-electron chi connectivity index (χ0n) is 16.9. The topological polar surface area (TPSA) is 56.8 Å². The number of piperidine rings is 2. The van der Waals surface area contributed by atoms with Crippen molar-refractivity contribution in [1.82, 2.24) is 19.7 Å². The van der Waals surface area contributed by atoms with Crippen LogP contribution in [0, 0.1) is 5.41 Å². The van der Waals surface area contributed by atoms with Crippen LogP contribution in [0.3, 0.4) is 0 Å². The van der Waals surface area contributed by atoms with Crippen molar-refractivity contribution in [2.45, 2.75) is 52.1 Å². The van der Waals surface area contributed by atoms with Crippen LogP contribution >= 0.6 is 0 Å². The lowest BCUT2D eigenvalue weighted by molar-refractivity contribution is -0.142. The highest BCUT2D eigenvalue weighted by Gasteiger charge is 2.42. The smallest absolute Gasteiger partial charge is 0.236 e. The zero-order chi connectivity index (χ0) is 19.4. The number of likely N-dealkylation sites (N-methyl/N-ethyl adjacent to an activating group) is 1. The average Bonchev–Trinajstić information content (AvgIpc) is 2.65. The lowest BCUT2D eigenvalue weighted by atomic mass is 9.73. The van der Waals surface area contributed by atoms with Crippen LogP contribution < -0.4 is 0 Å². The summed E-state index contributed by atoms with van der Waals surface area (Å²) in [6.07, 6.45) is 5.52. The van der Waals surface area contributed by atoms with Crippen LogP contribution in [0.1, 0.15) is 45.2 Å². The van der Waals surface area contributed by atoms with Gasteiger partial charge in [0.25, 0.3) is 0 Å². The van der Waals surface area contributed by atoms with Crippen molar-refractivity contribution < 1.29 is 9.59 Å². The fraction of sp³-hybridized carbons (Fsp3) is 0.667. The molecule has 1 spiro atoms.